The standard InChI is InChI=1S/C20H30O2/c1-17(2)19-11-9-18(10-12-19)8-6-13-21-14-7-15-22-16-20(3,4)5/h9-12,17H,7,13-16H2,1-5H3. The third kappa shape index (κ3) is 8.87. The minimum absolute atomic E-state index is 0.234. The first kappa shape index (κ1) is 18.7. The van der Waals surface area contributed by atoms with E-state index in [2.05, 4.69) is 70.7 Å². The Morgan fingerprint density at radius 2 is 1.64 bits per heavy atom. The van der Waals surface area contributed by atoms with E-state index >= 15 is 0 Å². The van der Waals surface area contributed by atoms with Gasteiger partial charge in [0.05, 0.1) is 13.2 Å². The van der Waals surface area contributed by atoms with Crippen molar-refractivity contribution in [1.82, 2.24) is 0 Å². The summed E-state index contributed by atoms with van der Waals surface area (Å²) >= 11 is 0. The van der Waals surface area contributed by atoms with Gasteiger partial charge in [-0.1, -0.05) is 58.6 Å². The first-order valence-electron chi connectivity index (χ1n) is 8.13. The zero-order chi connectivity index (χ0) is 16.4. The Kier molecular flexibility index (Phi) is 8.24. The summed E-state index contributed by atoms with van der Waals surface area (Å²) in [6.07, 6.45) is 0.918. The highest BCUT2D eigenvalue weighted by atomic mass is 16.5. The van der Waals surface area contributed by atoms with E-state index in [4.69, 9.17) is 9.47 Å². The summed E-state index contributed by atoms with van der Waals surface area (Å²) in [7, 11) is 0. The average molecular weight is 302 g/mol. The molecule has 0 bridgehead atoms. The first-order chi connectivity index (χ1) is 10.4. The molecule has 0 spiro atoms. The summed E-state index contributed by atoms with van der Waals surface area (Å²) < 4.78 is 11.1. The van der Waals surface area contributed by atoms with Gasteiger partial charge in [-0.05, 0) is 35.4 Å². The topological polar surface area (TPSA) is 18.5 Å². The Morgan fingerprint density at radius 3 is 2.23 bits per heavy atom. The van der Waals surface area contributed by atoms with Crippen molar-refractivity contribution in [1.29, 1.82) is 0 Å². The van der Waals surface area contributed by atoms with E-state index in [-0.39, 0.29) is 5.41 Å². The maximum absolute atomic E-state index is 5.59. The Balaban J connectivity index is 2.12. The lowest BCUT2D eigenvalue weighted by Gasteiger charge is -2.17. The first-order valence-corrected chi connectivity index (χ1v) is 8.13. The largest absolute Gasteiger partial charge is 0.381 e. The second-order valence-corrected chi connectivity index (χ2v) is 7.10. The monoisotopic (exact) mass is 302 g/mol. The van der Waals surface area contributed by atoms with Gasteiger partial charge in [0.25, 0.3) is 0 Å². The van der Waals surface area contributed by atoms with E-state index in [9.17, 15) is 0 Å². The summed E-state index contributed by atoms with van der Waals surface area (Å²) in [5.41, 5.74) is 2.62. The van der Waals surface area contributed by atoms with Gasteiger partial charge in [-0.25, -0.2) is 0 Å². The van der Waals surface area contributed by atoms with Gasteiger partial charge < -0.3 is 9.47 Å². The molecule has 2 heteroatoms. The van der Waals surface area contributed by atoms with Crippen LogP contribution in [0.25, 0.3) is 0 Å². The fraction of sp³-hybridized carbons (Fsp3) is 0.600. The van der Waals surface area contributed by atoms with Gasteiger partial charge in [0.2, 0.25) is 0 Å². The molecule has 2 nitrogen and oxygen atoms in total. The summed E-state index contributed by atoms with van der Waals surface area (Å²) in [5.74, 6) is 6.74. The van der Waals surface area contributed by atoms with E-state index < -0.39 is 0 Å². The van der Waals surface area contributed by atoms with Gasteiger partial charge in [0.1, 0.15) is 6.61 Å². The van der Waals surface area contributed by atoms with Crippen LogP contribution in [0.2, 0.25) is 0 Å². The third-order valence-corrected chi connectivity index (χ3v) is 3.10. The van der Waals surface area contributed by atoms with E-state index in [1.807, 2.05) is 0 Å². The molecule has 0 aliphatic heterocycles. The smallest absolute Gasteiger partial charge is 0.108 e. The van der Waals surface area contributed by atoms with Crippen molar-refractivity contribution in [3.05, 3.63) is 35.4 Å². The van der Waals surface area contributed by atoms with Crippen molar-refractivity contribution in [2.75, 3.05) is 26.4 Å². The number of ether oxygens (including phenoxy) is 2. The van der Waals surface area contributed by atoms with Crippen molar-refractivity contribution in [2.24, 2.45) is 5.41 Å². The highest BCUT2D eigenvalue weighted by Gasteiger charge is 2.09. The fourth-order valence-electron chi connectivity index (χ4n) is 1.85. The van der Waals surface area contributed by atoms with Crippen LogP contribution in [0.4, 0.5) is 0 Å². The predicted molar refractivity (Wildman–Crippen MR) is 93.1 cm³/mol. The number of hydrogen-bond donors (Lipinski definition) is 0. The zero-order valence-electron chi connectivity index (χ0n) is 14.7. The highest BCUT2D eigenvalue weighted by Crippen LogP contribution is 2.14. The third-order valence-electron chi connectivity index (χ3n) is 3.10. The molecule has 1 aromatic carbocycles. The quantitative estimate of drug-likeness (QED) is 0.540. The zero-order valence-corrected chi connectivity index (χ0v) is 14.7. The summed E-state index contributed by atoms with van der Waals surface area (Å²) in [6, 6.07) is 8.43. The van der Waals surface area contributed by atoms with Crippen LogP contribution in [0, 0.1) is 17.3 Å². The molecule has 0 N–H and O–H groups in total. The second-order valence-electron chi connectivity index (χ2n) is 7.10. The number of hydrogen-bond acceptors (Lipinski definition) is 2. The predicted octanol–water partition coefficient (Wildman–Crippen LogP) is 4.63. The molecule has 0 aliphatic carbocycles. The van der Waals surface area contributed by atoms with Crippen LogP contribution in [0.5, 0.6) is 0 Å². The van der Waals surface area contributed by atoms with E-state index in [1.54, 1.807) is 0 Å². The molecular weight excluding hydrogens is 272 g/mol. The minimum Gasteiger partial charge on any atom is -0.381 e. The molecular formula is C20H30O2. The van der Waals surface area contributed by atoms with Gasteiger partial charge in [-0.3, -0.25) is 0 Å². The van der Waals surface area contributed by atoms with Crippen LogP contribution < -0.4 is 0 Å². The summed E-state index contributed by atoms with van der Waals surface area (Å²) in [5, 5.41) is 0. The molecule has 0 aliphatic rings. The van der Waals surface area contributed by atoms with Gasteiger partial charge >= 0.3 is 0 Å². The molecule has 1 rings (SSSR count). The van der Waals surface area contributed by atoms with Gasteiger partial charge in [-0.2, -0.15) is 0 Å². The molecule has 0 atom stereocenters. The van der Waals surface area contributed by atoms with Gasteiger partial charge in [0, 0.05) is 12.2 Å². The second kappa shape index (κ2) is 9.66. The molecule has 0 radical (unpaired) electrons. The molecule has 0 saturated heterocycles. The average Bonchev–Trinajstić information content (AvgIpc) is 2.45. The van der Waals surface area contributed by atoms with Gasteiger partial charge in [-0.15, -0.1) is 0 Å². The number of benzene rings is 1. The molecule has 122 valence electrons. The van der Waals surface area contributed by atoms with Crippen LogP contribution in [-0.4, -0.2) is 26.4 Å². The molecule has 22 heavy (non-hydrogen) atoms. The maximum atomic E-state index is 5.59. The number of rotatable bonds is 7. The summed E-state index contributed by atoms with van der Waals surface area (Å²) in [6.45, 7) is 13.6. The van der Waals surface area contributed by atoms with Gasteiger partial charge in [0.15, 0.2) is 0 Å². The van der Waals surface area contributed by atoms with Crippen molar-refractivity contribution in [3.8, 4) is 11.8 Å². The molecule has 0 amide bonds. The van der Waals surface area contributed by atoms with E-state index in [1.165, 1.54) is 5.56 Å². The Bertz CT molecular complexity index is 469. The molecule has 0 heterocycles. The van der Waals surface area contributed by atoms with Crippen LogP contribution >= 0.6 is 0 Å². The molecule has 0 unspecified atom stereocenters. The Labute approximate surface area is 136 Å². The van der Waals surface area contributed by atoms with Crippen LogP contribution in [-0.2, 0) is 9.47 Å². The molecule has 1 aromatic rings. The maximum Gasteiger partial charge on any atom is 0.108 e. The van der Waals surface area contributed by atoms with Crippen LogP contribution in [0.3, 0.4) is 0 Å². The van der Waals surface area contributed by atoms with Crippen molar-refractivity contribution in [2.45, 2.75) is 47.0 Å². The van der Waals surface area contributed by atoms with Crippen LogP contribution in [0.15, 0.2) is 24.3 Å². The van der Waals surface area contributed by atoms with Crippen molar-refractivity contribution in [3.63, 3.8) is 0 Å². The lowest BCUT2D eigenvalue weighted by molar-refractivity contribution is 0.0531. The SMILES string of the molecule is CC(C)c1ccc(C#CCOCCCOCC(C)(C)C)cc1. The lowest BCUT2D eigenvalue weighted by Crippen LogP contribution is -2.15. The fourth-order valence-corrected chi connectivity index (χ4v) is 1.85. The highest BCUT2D eigenvalue weighted by molar-refractivity contribution is 5.36. The lowest BCUT2D eigenvalue weighted by atomic mass is 9.99. The normalized spacial score (nSPS) is 11.4. The van der Waals surface area contributed by atoms with Crippen LogP contribution in [0.1, 0.15) is 58.1 Å². The van der Waals surface area contributed by atoms with E-state index in [0.29, 0.717) is 19.1 Å². The minimum atomic E-state index is 0.234. The van der Waals surface area contributed by atoms with Crippen molar-refractivity contribution < 1.29 is 9.47 Å². The molecule has 0 fully saturated rings. The summed E-state index contributed by atoms with van der Waals surface area (Å²) in [4.78, 5) is 0. The van der Waals surface area contributed by atoms with Crippen molar-refractivity contribution >= 4 is 0 Å². The molecule has 0 aromatic heterocycles. The molecule has 0 saturated carbocycles. The van der Waals surface area contributed by atoms with E-state index in [0.717, 1.165) is 25.2 Å². The Morgan fingerprint density at radius 1 is 1.00 bits per heavy atom. The Hall–Kier alpha value is -1.30.